The molecule has 0 aromatic heterocycles. The van der Waals surface area contributed by atoms with Crippen LogP contribution in [0.4, 0.5) is 4.39 Å². The number of allylic oxidation sites excluding steroid dienone is 1. The topological polar surface area (TPSA) is 40.9 Å². The molecule has 0 bridgehead atoms. The lowest BCUT2D eigenvalue weighted by Crippen LogP contribution is -2.04. The average Bonchev–Trinajstić information content (AvgIpc) is 2.59. The van der Waals surface area contributed by atoms with Gasteiger partial charge in [0.05, 0.1) is 5.56 Å². The zero-order valence-electron chi connectivity index (χ0n) is 12.2. The smallest absolute Gasteiger partial charge is 0.206 e. The minimum absolute atomic E-state index is 0.0922. The number of fused-ring (bicyclic) bond motifs is 1. The Balaban J connectivity index is 2.02. The fourth-order valence-electron chi connectivity index (χ4n) is 2.40. The lowest BCUT2D eigenvalue weighted by molar-refractivity contribution is 0.103. The van der Waals surface area contributed by atoms with E-state index in [0.29, 0.717) is 0 Å². The highest BCUT2D eigenvalue weighted by Gasteiger charge is 2.15. The average molecular weight is 301 g/mol. The predicted octanol–water partition coefficient (Wildman–Crippen LogP) is 4.77. The van der Waals surface area contributed by atoms with Gasteiger partial charge >= 0.3 is 0 Å². The summed E-state index contributed by atoms with van der Waals surface area (Å²) in [5.74, 6) is -1.24. The third-order valence-corrected chi connectivity index (χ3v) is 3.57. The summed E-state index contributed by atoms with van der Waals surface area (Å²) in [6.07, 6.45) is 1.49. The second kappa shape index (κ2) is 6.25. The minimum Gasteiger partial charge on any atom is -0.288 e. The standard InChI is InChI=1S/C20H12FNO/c21-19-8-4-3-7-18(19)20(23)17(13-22)12-14-9-10-15-5-1-2-6-16(15)11-14/h1-12H/b17-12+. The second-order valence-electron chi connectivity index (χ2n) is 5.09. The van der Waals surface area contributed by atoms with Gasteiger partial charge in [-0.2, -0.15) is 5.26 Å². The zero-order valence-corrected chi connectivity index (χ0v) is 12.2. The molecule has 0 spiro atoms. The van der Waals surface area contributed by atoms with E-state index in [0.717, 1.165) is 16.3 Å². The zero-order chi connectivity index (χ0) is 16.2. The Hall–Kier alpha value is -3.25. The maximum absolute atomic E-state index is 13.7. The van der Waals surface area contributed by atoms with Gasteiger partial charge in [0.1, 0.15) is 17.5 Å². The third-order valence-electron chi connectivity index (χ3n) is 3.57. The molecule has 0 aliphatic carbocycles. The maximum Gasteiger partial charge on any atom is 0.206 e. The molecule has 0 aliphatic heterocycles. The monoisotopic (exact) mass is 301 g/mol. The predicted molar refractivity (Wildman–Crippen MR) is 88.3 cm³/mol. The number of hydrogen-bond donors (Lipinski definition) is 0. The Kier molecular flexibility index (Phi) is 3.99. The lowest BCUT2D eigenvalue weighted by atomic mass is 10.00. The lowest BCUT2D eigenvalue weighted by Gasteiger charge is -2.02. The summed E-state index contributed by atoms with van der Waals surface area (Å²) in [5.41, 5.74) is 0.538. The number of carbonyl (C=O) groups is 1. The number of Topliss-reactive ketones (excluding diaryl/α,β-unsaturated/α-hetero) is 1. The van der Waals surface area contributed by atoms with E-state index in [1.165, 1.54) is 24.3 Å². The first-order chi connectivity index (χ1) is 11.2. The maximum atomic E-state index is 13.7. The number of hydrogen-bond acceptors (Lipinski definition) is 2. The number of halogens is 1. The molecule has 23 heavy (non-hydrogen) atoms. The fraction of sp³-hybridized carbons (Fsp3) is 0. The van der Waals surface area contributed by atoms with E-state index in [2.05, 4.69) is 0 Å². The van der Waals surface area contributed by atoms with Crippen molar-refractivity contribution in [1.82, 2.24) is 0 Å². The van der Waals surface area contributed by atoms with Crippen LogP contribution >= 0.6 is 0 Å². The Labute approximate surface area is 133 Å². The Morgan fingerprint density at radius 3 is 2.39 bits per heavy atom. The van der Waals surface area contributed by atoms with Crippen LogP contribution in [0.3, 0.4) is 0 Å². The summed E-state index contributed by atoms with van der Waals surface area (Å²) in [6, 6.07) is 21.0. The SMILES string of the molecule is N#C/C(=C\c1ccc2ccccc2c1)C(=O)c1ccccc1F. The molecular formula is C20H12FNO. The number of rotatable bonds is 3. The van der Waals surface area contributed by atoms with E-state index in [4.69, 9.17) is 0 Å². The van der Waals surface area contributed by atoms with Gasteiger partial charge in [-0.15, -0.1) is 0 Å². The molecule has 3 aromatic rings. The normalized spacial score (nSPS) is 11.2. The van der Waals surface area contributed by atoms with Gasteiger partial charge in [-0.05, 0) is 40.6 Å². The van der Waals surface area contributed by atoms with Crippen molar-refractivity contribution in [2.75, 3.05) is 0 Å². The van der Waals surface area contributed by atoms with Crippen LogP contribution in [0.1, 0.15) is 15.9 Å². The first kappa shape index (κ1) is 14.7. The first-order valence-electron chi connectivity index (χ1n) is 7.09. The van der Waals surface area contributed by atoms with E-state index >= 15 is 0 Å². The van der Waals surface area contributed by atoms with Crippen molar-refractivity contribution < 1.29 is 9.18 Å². The van der Waals surface area contributed by atoms with E-state index < -0.39 is 11.6 Å². The van der Waals surface area contributed by atoms with E-state index in [-0.39, 0.29) is 11.1 Å². The van der Waals surface area contributed by atoms with Crippen molar-refractivity contribution in [3.8, 4) is 6.07 Å². The van der Waals surface area contributed by atoms with Gasteiger partial charge in [0.2, 0.25) is 5.78 Å². The summed E-state index contributed by atoms with van der Waals surface area (Å²) in [4.78, 5) is 12.3. The van der Waals surface area contributed by atoms with Crippen LogP contribution in [-0.4, -0.2) is 5.78 Å². The molecule has 0 amide bonds. The van der Waals surface area contributed by atoms with Gasteiger partial charge in [0.15, 0.2) is 0 Å². The quantitative estimate of drug-likeness (QED) is 0.397. The molecule has 0 fully saturated rings. The fourth-order valence-corrected chi connectivity index (χ4v) is 2.40. The highest BCUT2D eigenvalue weighted by atomic mass is 19.1. The van der Waals surface area contributed by atoms with Gasteiger partial charge in [-0.1, -0.05) is 48.5 Å². The minimum atomic E-state index is -0.628. The van der Waals surface area contributed by atoms with Gasteiger partial charge in [-0.3, -0.25) is 4.79 Å². The summed E-state index contributed by atoms with van der Waals surface area (Å²) >= 11 is 0. The molecule has 0 saturated carbocycles. The number of benzene rings is 3. The summed E-state index contributed by atoms with van der Waals surface area (Å²) in [6.45, 7) is 0. The number of ketones is 1. The van der Waals surface area contributed by atoms with E-state index in [1.54, 1.807) is 6.07 Å². The van der Waals surface area contributed by atoms with Crippen LogP contribution < -0.4 is 0 Å². The van der Waals surface area contributed by atoms with Gasteiger partial charge in [-0.25, -0.2) is 4.39 Å². The van der Waals surface area contributed by atoms with Crippen molar-refractivity contribution in [2.24, 2.45) is 0 Å². The summed E-state index contributed by atoms with van der Waals surface area (Å²) in [7, 11) is 0. The molecule has 0 unspecified atom stereocenters. The van der Waals surface area contributed by atoms with Crippen LogP contribution in [0.15, 0.2) is 72.3 Å². The number of carbonyl (C=O) groups excluding carboxylic acids is 1. The molecule has 0 aliphatic rings. The molecule has 0 heterocycles. The molecule has 3 heteroatoms. The van der Waals surface area contributed by atoms with Crippen molar-refractivity contribution in [3.63, 3.8) is 0 Å². The van der Waals surface area contributed by atoms with Crippen molar-refractivity contribution in [1.29, 1.82) is 5.26 Å². The van der Waals surface area contributed by atoms with Crippen LogP contribution in [0.2, 0.25) is 0 Å². The van der Waals surface area contributed by atoms with Crippen LogP contribution in [0.25, 0.3) is 16.8 Å². The molecule has 110 valence electrons. The summed E-state index contributed by atoms with van der Waals surface area (Å²) < 4.78 is 13.7. The van der Waals surface area contributed by atoms with Crippen LogP contribution in [-0.2, 0) is 0 Å². The first-order valence-corrected chi connectivity index (χ1v) is 7.09. The van der Waals surface area contributed by atoms with Gasteiger partial charge in [0, 0.05) is 0 Å². The third kappa shape index (κ3) is 3.02. The molecule has 3 rings (SSSR count). The molecule has 0 atom stereocenters. The largest absolute Gasteiger partial charge is 0.288 e. The summed E-state index contributed by atoms with van der Waals surface area (Å²) in [5, 5.41) is 11.3. The Morgan fingerprint density at radius 2 is 1.65 bits per heavy atom. The van der Waals surface area contributed by atoms with Crippen LogP contribution in [0, 0.1) is 17.1 Å². The molecular weight excluding hydrogens is 289 g/mol. The highest BCUT2D eigenvalue weighted by molar-refractivity contribution is 6.14. The van der Waals surface area contributed by atoms with Crippen LogP contribution in [0.5, 0.6) is 0 Å². The number of nitrogens with zero attached hydrogens (tertiary/aromatic N) is 1. The molecule has 0 radical (unpaired) electrons. The van der Waals surface area contributed by atoms with E-state index in [9.17, 15) is 14.4 Å². The second-order valence-corrected chi connectivity index (χ2v) is 5.09. The molecule has 3 aromatic carbocycles. The molecule has 2 nitrogen and oxygen atoms in total. The number of nitriles is 1. The van der Waals surface area contributed by atoms with E-state index in [1.807, 2.05) is 48.5 Å². The van der Waals surface area contributed by atoms with Gasteiger partial charge in [0.25, 0.3) is 0 Å². The van der Waals surface area contributed by atoms with Crippen molar-refractivity contribution in [3.05, 3.63) is 89.2 Å². The Morgan fingerprint density at radius 1 is 0.957 bits per heavy atom. The Bertz CT molecular complexity index is 967. The highest BCUT2D eigenvalue weighted by Crippen LogP contribution is 2.19. The van der Waals surface area contributed by atoms with Crippen molar-refractivity contribution >= 4 is 22.6 Å². The van der Waals surface area contributed by atoms with Crippen molar-refractivity contribution in [2.45, 2.75) is 0 Å². The molecule has 0 saturated heterocycles. The van der Waals surface area contributed by atoms with Gasteiger partial charge < -0.3 is 0 Å². The molecule has 0 N–H and O–H groups in total.